The molecule has 0 aliphatic rings. The first-order chi connectivity index (χ1) is 25.6. The van der Waals surface area contributed by atoms with Gasteiger partial charge in [0.05, 0.1) is 11.0 Å². The van der Waals surface area contributed by atoms with Crippen molar-refractivity contribution in [3.8, 4) is 44.9 Å². The summed E-state index contributed by atoms with van der Waals surface area (Å²) in [6, 6.07) is 10.4. The lowest BCUT2D eigenvalue weighted by molar-refractivity contribution is 0.379. The van der Waals surface area contributed by atoms with Gasteiger partial charge in [-0.05, 0) is 36.4 Å². The first kappa shape index (κ1) is 37.7. The van der Waals surface area contributed by atoms with Crippen LogP contribution in [0.15, 0.2) is 72.8 Å². The number of hydrogen-bond acceptors (Lipinski definition) is 2. The summed E-state index contributed by atoms with van der Waals surface area (Å²) < 4.78 is 232. The van der Waals surface area contributed by atoms with Crippen molar-refractivity contribution in [1.82, 2.24) is 0 Å². The van der Waals surface area contributed by atoms with Gasteiger partial charge in [-0.1, -0.05) is 36.4 Å². The molecule has 6 aromatic carbocycles. The monoisotopic (exact) mass is 772 g/mol. The standard InChI is InChI=1S/C36H12BF15O2/c38-17-11-9-15(24(40)26(17)42)13-5-1-3-7-19(13)53-37(54-20-8-4-2-6-14(20)16-10-12-18(39)27(43)25(16)41)23-21(28(44)32(48)35(51)31(23)47)22-29(45)33(49)36(52)34(50)30(22)46/h1-12H. The molecule has 0 radical (unpaired) electrons. The van der Waals surface area contributed by atoms with Crippen LogP contribution in [0.1, 0.15) is 0 Å². The first-order valence-electron chi connectivity index (χ1n) is 14.7. The van der Waals surface area contributed by atoms with Crippen molar-refractivity contribution in [2.24, 2.45) is 0 Å². The van der Waals surface area contributed by atoms with E-state index < -0.39 is 145 Å². The van der Waals surface area contributed by atoms with Crippen molar-refractivity contribution >= 4 is 12.6 Å². The third-order valence-electron chi connectivity index (χ3n) is 7.89. The Kier molecular flexibility index (Phi) is 10.0. The Labute approximate surface area is 292 Å². The fraction of sp³-hybridized carbons (Fsp3) is 0. The highest BCUT2D eigenvalue weighted by molar-refractivity contribution is 6.64. The number of rotatable bonds is 8. The van der Waals surface area contributed by atoms with E-state index in [1.165, 1.54) is 0 Å². The quantitative estimate of drug-likeness (QED) is 0.0664. The van der Waals surface area contributed by atoms with Crippen LogP contribution >= 0.6 is 0 Å². The van der Waals surface area contributed by atoms with Crippen molar-refractivity contribution in [3.05, 3.63) is 160 Å². The maximum Gasteiger partial charge on any atom is 0.636 e. The molecule has 0 unspecified atom stereocenters. The Bertz CT molecular complexity index is 2360. The summed E-state index contributed by atoms with van der Waals surface area (Å²) in [7, 11) is -3.04. The van der Waals surface area contributed by atoms with Gasteiger partial charge in [-0.15, -0.1) is 0 Å². The summed E-state index contributed by atoms with van der Waals surface area (Å²) in [4.78, 5) is 0. The summed E-state index contributed by atoms with van der Waals surface area (Å²) in [5.74, 6) is -37.8. The van der Waals surface area contributed by atoms with Gasteiger partial charge in [0.25, 0.3) is 0 Å². The molecule has 276 valence electrons. The molecule has 6 rings (SSSR count). The molecule has 0 aliphatic heterocycles. The van der Waals surface area contributed by atoms with Gasteiger partial charge in [-0.25, -0.2) is 65.9 Å². The Balaban J connectivity index is 1.68. The molecule has 0 aromatic heterocycles. The van der Waals surface area contributed by atoms with Crippen molar-refractivity contribution in [2.45, 2.75) is 0 Å². The molecule has 2 nitrogen and oxygen atoms in total. The number of benzene rings is 6. The summed E-state index contributed by atoms with van der Waals surface area (Å²) in [6.07, 6.45) is 0. The van der Waals surface area contributed by atoms with E-state index >= 15 is 22.0 Å². The van der Waals surface area contributed by atoms with Gasteiger partial charge in [0.1, 0.15) is 11.5 Å². The van der Waals surface area contributed by atoms with Crippen molar-refractivity contribution in [2.75, 3.05) is 0 Å². The van der Waals surface area contributed by atoms with Crippen LogP contribution in [-0.2, 0) is 0 Å². The predicted octanol–water partition coefficient (Wildman–Crippen LogP) is 10.6. The highest BCUT2D eigenvalue weighted by Gasteiger charge is 2.43. The second-order valence-electron chi connectivity index (χ2n) is 11.0. The van der Waals surface area contributed by atoms with Crippen LogP contribution in [0.4, 0.5) is 65.9 Å². The largest absolute Gasteiger partial charge is 0.636 e. The zero-order valence-electron chi connectivity index (χ0n) is 26.0. The van der Waals surface area contributed by atoms with E-state index in [-0.39, 0.29) is 0 Å². The van der Waals surface area contributed by atoms with Gasteiger partial charge in [0.2, 0.25) is 5.82 Å². The predicted molar refractivity (Wildman–Crippen MR) is 162 cm³/mol. The van der Waals surface area contributed by atoms with Gasteiger partial charge in [0, 0.05) is 27.8 Å². The average Bonchev–Trinajstić information content (AvgIpc) is 3.16. The number of hydrogen-bond donors (Lipinski definition) is 0. The molecule has 0 amide bonds. The van der Waals surface area contributed by atoms with Crippen LogP contribution in [-0.4, -0.2) is 7.12 Å². The molecule has 0 heterocycles. The Morgan fingerprint density at radius 1 is 0.296 bits per heavy atom. The summed E-state index contributed by atoms with van der Waals surface area (Å²) in [5.41, 5.74) is -9.32. The van der Waals surface area contributed by atoms with Gasteiger partial charge in [0.15, 0.2) is 81.4 Å². The minimum atomic E-state index is -3.04. The van der Waals surface area contributed by atoms with Crippen molar-refractivity contribution in [3.63, 3.8) is 0 Å². The van der Waals surface area contributed by atoms with Crippen molar-refractivity contribution in [1.29, 1.82) is 0 Å². The molecular weight excluding hydrogens is 760 g/mol. The van der Waals surface area contributed by atoms with Crippen LogP contribution in [0.5, 0.6) is 11.5 Å². The summed E-state index contributed by atoms with van der Waals surface area (Å²) in [5, 5.41) is 0. The Hall–Kier alpha value is -6.07. The molecule has 0 saturated heterocycles. The Morgan fingerprint density at radius 2 is 0.648 bits per heavy atom. The van der Waals surface area contributed by atoms with Gasteiger partial charge in [-0.3, -0.25) is 0 Å². The summed E-state index contributed by atoms with van der Waals surface area (Å²) in [6.45, 7) is 0. The van der Waals surface area contributed by atoms with E-state index in [0.29, 0.717) is 24.3 Å². The number of halogens is 15. The zero-order valence-corrected chi connectivity index (χ0v) is 26.0. The zero-order chi connectivity index (χ0) is 39.3. The smallest absolute Gasteiger partial charge is 0.521 e. The van der Waals surface area contributed by atoms with Crippen LogP contribution in [0.3, 0.4) is 0 Å². The molecule has 0 saturated carbocycles. The fourth-order valence-electron chi connectivity index (χ4n) is 5.36. The Morgan fingerprint density at radius 3 is 1.07 bits per heavy atom. The highest BCUT2D eigenvalue weighted by atomic mass is 19.2. The molecule has 0 bridgehead atoms. The third kappa shape index (κ3) is 6.24. The topological polar surface area (TPSA) is 18.5 Å². The molecule has 0 atom stereocenters. The lowest BCUT2D eigenvalue weighted by Gasteiger charge is -2.24. The minimum Gasteiger partial charge on any atom is -0.521 e. The molecule has 0 spiro atoms. The second-order valence-corrected chi connectivity index (χ2v) is 11.0. The normalized spacial score (nSPS) is 11.2. The third-order valence-corrected chi connectivity index (χ3v) is 7.89. The van der Waals surface area contributed by atoms with Crippen molar-refractivity contribution < 1.29 is 75.2 Å². The van der Waals surface area contributed by atoms with Crippen LogP contribution in [0.25, 0.3) is 33.4 Å². The van der Waals surface area contributed by atoms with E-state index in [1.54, 1.807) is 0 Å². The fourth-order valence-corrected chi connectivity index (χ4v) is 5.36. The lowest BCUT2D eigenvalue weighted by atomic mass is 9.72. The van der Waals surface area contributed by atoms with E-state index in [1.807, 2.05) is 0 Å². The maximum atomic E-state index is 16.0. The van der Waals surface area contributed by atoms with Gasteiger partial charge >= 0.3 is 7.12 Å². The van der Waals surface area contributed by atoms with E-state index in [4.69, 9.17) is 9.31 Å². The average molecular weight is 772 g/mol. The van der Waals surface area contributed by atoms with Gasteiger partial charge in [-0.2, -0.15) is 0 Å². The summed E-state index contributed by atoms with van der Waals surface area (Å²) >= 11 is 0. The number of para-hydroxylation sites is 2. The SMILES string of the molecule is Fc1ccc(-c2ccccc2OB(Oc2ccccc2-c2ccc(F)c(F)c2F)c2c(F)c(F)c(F)c(F)c2-c2c(F)c(F)c(F)c(F)c2F)c(F)c1F. The molecule has 0 fully saturated rings. The lowest BCUT2D eigenvalue weighted by Crippen LogP contribution is -2.47. The molecular formula is C36H12BF15O2. The first-order valence-corrected chi connectivity index (χ1v) is 14.7. The molecule has 6 aromatic rings. The van der Waals surface area contributed by atoms with E-state index in [0.717, 1.165) is 48.5 Å². The van der Waals surface area contributed by atoms with Crippen LogP contribution < -0.4 is 14.8 Å². The van der Waals surface area contributed by atoms with Crippen LogP contribution in [0, 0.1) is 87.3 Å². The second kappa shape index (κ2) is 14.4. The van der Waals surface area contributed by atoms with Crippen LogP contribution in [0.2, 0.25) is 0 Å². The van der Waals surface area contributed by atoms with E-state index in [9.17, 15) is 43.9 Å². The molecule has 0 N–H and O–H groups in total. The molecule has 18 heteroatoms. The highest BCUT2D eigenvalue weighted by Crippen LogP contribution is 2.39. The molecule has 0 aliphatic carbocycles. The maximum absolute atomic E-state index is 16.0. The minimum absolute atomic E-state index is 0.455. The van der Waals surface area contributed by atoms with E-state index in [2.05, 4.69) is 0 Å². The molecule has 54 heavy (non-hydrogen) atoms. The van der Waals surface area contributed by atoms with Gasteiger partial charge < -0.3 is 9.31 Å².